The zero-order valence-corrected chi connectivity index (χ0v) is 14.6. The molecule has 2 atom stereocenters. The molecule has 6 nitrogen and oxygen atoms in total. The molecule has 0 spiro atoms. The van der Waals surface area contributed by atoms with Crippen molar-refractivity contribution in [2.24, 2.45) is 11.7 Å². The highest BCUT2D eigenvalue weighted by Gasteiger charge is 2.33. The molecule has 1 saturated carbocycles. The number of fused-ring (bicyclic) bond motifs is 1. The Morgan fingerprint density at radius 3 is 2.79 bits per heavy atom. The van der Waals surface area contributed by atoms with E-state index in [-0.39, 0.29) is 36.7 Å². The van der Waals surface area contributed by atoms with Crippen molar-refractivity contribution in [1.29, 1.82) is 0 Å². The first-order chi connectivity index (χ1) is 11.1. The first kappa shape index (κ1) is 18.5. The van der Waals surface area contributed by atoms with Crippen molar-refractivity contribution in [3.63, 3.8) is 0 Å². The number of ether oxygens (including phenoxy) is 1. The van der Waals surface area contributed by atoms with Gasteiger partial charge in [0.25, 0.3) is 5.91 Å². The van der Waals surface area contributed by atoms with E-state index in [1.807, 2.05) is 24.3 Å². The SMILES string of the molecule is CC1Oc2ccccc2N(CCC(=O)NC(CN)C2CC2)C1=O.Cl. The largest absolute Gasteiger partial charge is 0.479 e. The summed E-state index contributed by atoms with van der Waals surface area (Å²) in [6, 6.07) is 7.46. The van der Waals surface area contributed by atoms with E-state index < -0.39 is 6.10 Å². The summed E-state index contributed by atoms with van der Waals surface area (Å²) in [5.74, 6) is 1.03. The van der Waals surface area contributed by atoms with E-state index in [0.29, 0.717) is 24.8 Å². The summed E-state index contributed by atoms with van der Waals surface area (Å²) in [7, 11) is 0. The fourth-order valence-corrected chi connectivity index (χ4v) is 2.95. The Bertz CT molecular complexity index is 606. The summed E-state index contributed by atoms with van der Waals surface area (Å²) in [6.45, 7) is 2.53. The van der Waals surface area contributed by atoms with Crippen molar-refractivity contribution in [2.75, 3.05) is 18.0 Å². The molecular formula is C17H24ClN3O3. The predicted molar refractivity (Wildman–Crippen MR) is 94.5 cm³/mol. The molecule has 1 aliphatic heterocycles. The molecule has 2 aliphatic rings. The van der Waals surface area contributed by atoms with E-state index in [1.54, 1.807) is 11.8 Å². The minimum absolute atomic E-state index is 0. The van der Waals surface area contributed by atoms with Crippen LogP contribution in [0.4, 0.5) is 5.69 Å². The number of rotatable bonds is 6. The topological polar surface area (TPSA) is 84.7 Å². The molecule has 3 N–H and O–H groups in total. The lowest BCUT2D eigenvalue weighted by molar-refractivity contribution is -0.125. The van der Waals surface area contributed by atoms with Gasteiger partial charge in [-0.25, -0.2) is 0 Å². The monoisotopic (exact) mass is 353 g/mol. The summed E-state index contributed by atoms with van der Waals surface area (Å²) in [5, 5.41) is 2.99. The van der Waals surface area contributed by atoms with Gasteiger partial charge in [-0.15, -0.1) is 12.4 Å². The van der Waals surface area contributed by atoms with Crippen molar-refractivity contribution < 1.29 is 14.3 Å². The van der Waals surface area contributed by atoms with Crippen molar-refractivity contribution >= 4 is 29.9 Å². The molecule has 24 heavy (non-hydrogen) atoms. The highest BCUT2D eigenvalue weighted by molar-refractivity contribution is 6.00. The van der Waals surface area contributed by atoms with Crippen LogP contribution in [0.15, 0.2) is 24.3 Å². The molecule has 2 amide bonds. The second-order valence-electron chi connectivity index (χ2n) is 6.21. The van der Waals surface area contributed by atoms with Crippen LogP contribution in [0, 0.1) is 5.92 Å². The summed E-state index contributed by atoms with van der Waals surface area (Å²) >= 11 is 0. The van der Waals surface area contributed by atoms with Crippen LogP contribution in [0.3, 0.4) is 0 Å². The number of carbonyl (C=O) groups excluding carboxylic acids is 2. The lowest BCUT2D eigenvalue weighted by atomic mass is 10.1. The highest BCUT2D eigenvalue weighted by Crippen LogP contribution is 2.34. The van der Waals surface area contributed by atoms with Gasteiger partial charge in [0.1, 0.15) is 5.75 Å². The molecule has 7 heteroatoms. The lowest BCUT2D eigenvalue weighted by Gasteiger charge is -2.33. The van der Waals surface area contributed by atoms with Crippen LogP contribution < -0.4 is 20.7 Å². The molecule has 3 rings (SSSR count). The molecule has 1 aromatic rings. The van der Waals surface area contributed by atoms with E-state index in [2.05, 4.69) is 5.32 Å². The maximum atomic E-state index is 12.3. The second-order valence-corrected chi connectivity index (χ2v) is 6.21. The first-order valence-electron chi connectivity index (χ1n) is 8.16. The van der Waals surface area contributed by atoms with Crippen LogP contribution in [0.5, 0.6) is 5.75 Å². The van der Waals surface area contributed by atoms with Crippen molar-refractivity contribution in [3.8, 4) is 5.75 Å². The number of anilines is 1. The Morgan fingerprint density at radius 2 is 2.12 bits per heavy atom. The van der Waals surface area contributed by atoms with E-state index in [9.17, 15) is 9.59 Å². The zero-order valence-electron chi connectivity index (χ0n) is 13.7. The normalized spacial score (nSPS) is 20.5. The van der Waals surface area contributed by atoms with Gasteiger partial charge in [-0.05, 0) is 37.8 Å². The van der Waals surface area contributed by atoms with Crippen LogP contribution in [-0.2, 0) is 9.59 Å². The number of nitrogens with one attached hydrogen (secondary N) is 1. The molecule has 1 heterocycles. The minimum Gasteiger partial charge on any atom is -0.479 e. The van der Waals surface area contributed by atoms with Gasteiger partial charge in [0.15, 0.2) is 6.10 Å². The number of benzene rings is 1. The molecule has 1 aliphatic carbocycles. The minimum atomic E-state index is -0.531. The average molecular weight is 354 g/mol. The number of hydrogen-bond acceptors (Lipinski definition) is 4. The summed E-state index contributed by atoms with van der Waals surface area (Å²) < 4.78 is 5.59. The quantitative estimate of drug-likeness (QED) is 0.811. The molecular weight excluding hydrogens is 330 g/mol. The van der Waals surface area contributed by atoms with Crippen molar-refractivity contribution in [3.05, 3.63) is 24.3 Å². The number of hydrogen-bond donors (Lipinski definition) is 2. The Kier molecular flexibility index (Phi) is 6.07. The van der Waals surface area contributed by atoms with Gasteiger partial charge in [-0.1, -0.05) is 12.1 Å². The first-order valence-corrected chi connectivity index (χ1v) is 8.16. The third-order valence-corrected chi connectivity index (χ3v) is 4.43. The van der Waals surface area contributed by atoms with Crippen LogP contribution in [0.2, 0.25) is 0 Å². The van der Waals surface area contributed by atoms with E-state index in [0.717, 1.165) is 18.5 Å². The van der Waals surface area contributed by atoms with Crippen LogP contribution >= 0.6 is 12.4 Å². The second kappa shape index (κ2) is 7.85. The standard InChI is InChI=1S/C17H23N3O3.ClH/c1-11-17(22)20(14-4-2-3-5-15(14)23-11)9-8-16(21)19-13(10-18)12-6-7-12;/h2-5,11-13H,6-10,18H2,1H3,(H,19,21);1H. The van der Waals surface area contributed by atoms with E-state index in [4.69, 9.17) is 10.5 Å². The maximum Gasteiger partial charge on any atom is 0.267 e. The maximum absolute atomic E-state index is 12.3. The fraction of sp³-hybridized carbons (Fsp3) is 0.529. The van der Waals surface area contributed by atoms with Gasteiger partial charge in [-0.3, -0.25) is 9.59 Å². The number of nitrogens with two attached hydrogens (primary N) is 1. The third-order valence-electron chi connectivity index (χ3n) is 4.43. The van der Waals surface area contributed by atoms with Crippen LogP contribution in [0.25, 0.3) is 0 Å². The Labute approximate surface area is 148 Å². The van der Waals surface area contributed by atoms with Gasteiger partial charge in [-0.2, -0.15) is 0 Å². The van der Waals surface area contributed by atoms with E-state index >= 15 is 0 Å². The van der Waals surface area contributed by atoms with Gasteiger partial charge in [0.05, 0.1) is 5.69 Å². The predicted octanol–water partition coefficient (Wildman–Crippen LogP) is 1.47. The molecule has 1 fully saturated rings. The Morgan fingerprint density at radius 1 is 1.42 bits per heavy atom. The molecule has 2 unspecified atom stereocenters. The van der Waals surface area contributed by atoms with Gasteiger partial charge < -0.3 is 20.7 Å². The number of para-hydroxylation sites is 2. The third kappa shape index (κ3) is 3.99. The van der Waals surface area contributed by atoms with E-state index in [1.165, 1.54) is 0 Å². The van der Waals surface area contributed by atoms with Gasteiger partial charge >= 0.3 is 0 Å². The van der Waals surface area contributed by atoms with Crippen molar-refractivity contribution in [1.82, 2.24) is 5.32 Å². The zero-order chi connectivity index (χ0) is 16.4. The Hall–Kier alpha value is -1.79. The molecule has 1 aromatic carbocycles. The lowest BCUT2D eigenvalue weighted by Crippen LogP contribution is -2.47. The highest BCUT2D eigenvalue weighted by atomic mass is 35.5. The van der Waals surface area contributed by atoms with Gasteiger partial charge in [0.2, 0.25) is 5.91 Å². The summed E-state index contributed by atoms with van der Waals surface area (Å²) in [6.07, 6.45) is 2.00. The summed E-state index contributed by atoms with van der Waals surface area (Å²) in [5.41, 5.74) is 6.43. The van der Waals surface area contributed by atoms with Crippen LogP contribution in [-0.4, -0.2) is 37.0 Å². The smallest absolute Gasteiger partial charge is 0.267 e. The average Bonchev–Trinajstić information content (AvgIpc) is 3.38. The number of nitrogens with zero attached hydrogens (tertiary/aromatic N) is 1. The van der Waals surface area contributed by atoms with Gasteiger partial charge in [0, 0.05) is 25.6 Å². The van der Waals surface area contributed by atoms with Crippen LogP contribution in [0.1, 0.15) is 26.2 Å². The molecule has 0 bridgehead atoms. The number of halogens is 1. The molecule has 0 saturated heterocycles. The molecule has 132 valence electrons. The van der Waals surface area contributed by atoms with Crippen molar-refractivity contribution in [2.45, 2.75) is 38.3 Å². The Balaban J connectivity index is 0.00000208. The molecule has 0 aromatic heterocycles. The summed E-state index contributed by atoms with van der Waals surface area (Å²) in [4.78, 5) is 26.1. The fourth-order valence-electron chi connectivity index (χ4n) is 2.95. The number of amides is 2. The molecule has 0 radical (unpaired) electrons. The number of carbonyl (C=O) groups is 2.